The van der Waals surface area contributed by atoms with Crippen molar-refractivity contribution >= 4 is 11.7 Å². The third-order valence-corrected chi connectivity index (χ3v) is 5.43. The average Bonchev–Trinajstić information content (AvgIpc) is 3.48. The van der Waals surface area contributed by atoms with Gasteiger partial charge in [-0.05, 0) is 54.5 Å². The van der Waals surface area contributed by atoms with Crippen LogP contribution in [-0.2, 0) is 18.4 Å². The number of rotatable bonds is 5. The van der Waals surface area contributed by atoms with E-state index >= 15 is 0 Å². The van der Waals surface area contributed by atoms with E-state index in [1.165, 1.54) is 0 Å². The minimum Gasteiger partial charge on any atom is -0.486 e. The van der Waals surface area contributed by atoms with Crippen molar-refractivity contribution in [2.45, 2.75) is 45.1 Å². The number of nitrogens with one attached hydrogen (secondary N) is 2. The van der Waals surface area contributed by atoms with Crippen molar-refractivity contribution in [1.29, 1.82) is 0 Å². The molecule has 5 heteroatoms. The third kappa shape index (κ3) is 3.46. The smallest absolute Gasteiger partial charge is 0.319 e. The van der Waals surface area contributed by atoms with Crippen molar-refractivity contribution in [2.24, 2.45) is 0 Å². The molecule has 1 fully saturated rings. The predicted molar refractivity (Wildman–Crippen MR) is 106 cm³/mol. The Labute approximate surface area is 160 Å². The van der Waals surface area contributed by atoms with E-state index in [-0.39, 0.29) is 11.6 Å². The summed E-state index contributed by atoms with van der Waals surface area (Å²) >= 11 is 0. The van der Waals surface area contributed by atoms with Gasteiger partial charge in [-0.25, -0.2) is 4.79 Å². The Kier molecular flexibility index (Phi) is 4.68. The maximum Gasteiger partial charge on any atom is 0.319 e. The number of fused-ring (bicyclic) bond motifs is 1. The molecule has 0 spiro atoms. The third-order valence-electron chi connectivity index (χ3n) is 5.43. The molecule has 0 radical (unpaired) electrons. The second kappa shape index (κ2) is 7.14. The van der Waals surface area contributed by atoms with Gasteiger partial charge >= 0.3 is 6.03 Å². The lowest BCUT2D eigenvalue weighted by molar-refractivity contribution is 0.171. The summed E-state index contributed by atoms with van der Waals surface area (Å²) in [6.45, 7) is 5.35. The van der Waals surface area contributed by atoms with Gasteiger partial charge in [0, 0.05) is 5.69 Å². The van der Waals surface area contributed by atoms with Crippen molar-refractivity contribution in [3.63, 3.8) is 0 Å². The van der Waals surface area contributed by atoms with Gasteiger partial charge in [-0.2, -0.15) is 0 Å². The highest BCUT2D eigenvalue weighted by Gasteiger charge is 2.46. The van der Waals surface area contributed by atoms with E-state index in [0.717, 1.165) is 59.6 Å². The van der Waals surface area contributed by atoms with E-state index in [9.17, 15) is 4.79 Å². The fraction of sp³-hybridized carbons (Fsp3) is 0.409. The number of carbonyl (C=O) groups is 1. The molecule has 4 rings (SSSR count). The van der Waals surface area contributed by atoms with Gasteiger partial charge in [-0.3, -0.25) is 0 Å². The Morgan fingerprint density at radius 1 is 1.00 bits per heavy atom. The van der Waals surface area contributed by atoms with Crippen LogP contribution in [0.4, 0.5) is 10.5 Å². The summed E-state index contributed by atoms with van der Waals surface area (Å²) in [6.07, 6.45) is 3.62. The molecule has 2 N–H and O–H groups in total. The van der Waals surface area contributed by atoms with Crippen LogP contribution >= 0.6 is 0 Å². The number of anilines is 1. The number of para-hydroxylation sites is 1. The molecule has 2 aromatic carbocycles. The molecule has 1 saturated carbocycles. The molecular weight excluding hydrogens is 340 g/mol. The highest BCUT2D eigenvalue weighted by molar-refractivity contribution is 5.92. The van der Waals surface area contributed by atoms with Gasteiger partial charge in [0.15, 0.2) is 11.5 Å². The molecular formula is C22H26N2O3. The van der Waals surface area contributed by atoms with E-state index in [1.807, 2.05) is 18.2 Å². The quantitative estimate of drug-likeness (QED) is 0.825. The number of amides is 2. The van der Waals surface area contributed by atoms with Crippen LogP contribution in [-0.4, -0.2) is 19.2 Å². The minimum absolute atomic E-state index is 0.155. The van der Waals surface area contributed by atoms with Crippen LogP contribution in [0.2, 0.25) is 0 Å². The number of carbonyl (C=O) groups excluding carboxylic acids is 1. The fourth-order valence-electron chi connectivity index (χ4n) is 3.72. The van der Waals surface area contributed by atoms with Gasteiger partial charge in [0.1, 0.15) is 13.2 Å². The van der Waals surface area contributed by atoms with Gasteiger partial charge in [0.05, 0.1) is 5.54 Å². The second-order valence-electron chi connectivity index (χ2n) is 7.18. The minimum atomic E-state index is -0.312. The van der Waals surface area contributed by atoms with Gasteiger partial charge in [-0.1, -0.05) is 38.1 Å². The molecule has 142 valence electrons. The topological polar surface area (TPSA) is 59.6 Å². The first-order valence-corrected chi connectivity index (χ1v) is 9.75. The molecule has 0 atom stereocenters. The molecule has 27 heavy (non-hydrogen) atoms. The molecule has 1 aliphatic carbocycles. The van der Waals surface area contributed by atoms with Crippen LogP contribution < -0.4 is 20.1 Å². The Morgan fingerprint density at radius 3 is 2.30 bits per heavy atom. The van der Waals surface area contributed by atoms with Crippen LogP contribution in [0.25, 0.3) is 0 Å². The molecule has 5 nitrogen and oxygen atoms in total. The van der Waals surface area contributed by atoms with E-state index < -0.39 is 0 Å². The summed E-state index contributed by atoms with van der Waals surface area (Å²) in [5.41, 5.74) is 4.02. The molecule has 2 aliphatic rings. The Morgan fingerprint density at radius 2 is 1.67 bits per heavy atom. The first-order valence-electron chi connectivity index (χ1n) is 9.75. The number of aryl methyl sites for hydroxylation is 2. The number of hydrogen-bond acceptors (Lipinski definition) is 3. The Bertz CT molecular complexity index is 836. The number of hydrogen-bond donors (Lipinski definition) is 2. The van der Waals surface area contributed by atoms with Crippen LogP contribution in [0.5, 0.6) is 11.5 Å². The first kappa shape index (κ1) is 17.7. The molecule has 2 amide bonds. The monoisotopic (exact) mass is 366 g/mol. The summed E-state index contributed by atoms with van der Waals surface area (Å²) in [7, 11) is 0. The van der Waals surface area contributed by atoms with Crippen molar-refractivity contribution in [3.8, 4) is 11.5 Å². The molecule has 1 aliphatic heterocycles. The summed E-state index contributed by atoms with van der Waals surface area (Å²) < 4.78 is 11.3. The van der Waals surface area contributed by atoms with Crippen LogP contribution in [0.1, 0.15) is 43.4 Å². The van der Waals surface area contributed by atoms with Crippen molar-refractivity contribution in [1.82, 2.24) is 5.32 Å². The maximum atomic E-state index is 12.8. The summed E-state index contributed by atoms with van der Waals surface area (Å²) in [6, 6.07) is 12.0. The van der Waals surface area contributed by atoms with E-state index in [1.54, 1.807) is 0 Å². The lowest BCUT2D eigenvalue weighted by Gasteiger charge is -2.23. The van der Waals surface area contributed by atoms with E-state index in [4.69, 9.17) is 9.47 Å². The molecule has 1 heterocycles. The van der Waals surface area contributed by atoms with E-state index in [0.29, 0.717) is 13.2 Å². The Hall–Kier alpha value is -2.69. The fourth-order valence-corrected chi connectivity index (χ4v) is 3.72. The predicted octanol–water partition coefficient (Wildman–Crippen LogP) is 4.39. The zero-order chi connectivity index (χ0) is 18.9. The van der Waals surface area contributed by atoms with Crippen LogP contribution in [0.3, 0.4) is 0 Å². The van der Waals surface area contributed by atoms with Gasteiger partial charge < -0.3 is 20.1 Å². The zero-order valence-corrected chi connectivity index (χ0v) is 15.9. The van der Waals surface area contributed by atoms with Crippen molar-refractivity contribution < 1.29 is 14.3 Å². The number of urea groups is 1. The Balaban J connectivity index is 1.52. The highest BCUT2D eigenvalue weighted by Crippen LogP contribution is 2.48. The van der Waals surface area contributed by atoms with Crippen LogP contribution in [0, 0.1) is 0 Å². The van der Waals surface area contributed by atoms with Crippen LogP contribution in [0.15, 0.2) is 36.4 Å². The first-order chi connectivity index (χ1) is 13.1. The normalized spacial score (nSPS) is 16.5. The number of benzene rings is 2. The molecule has 0 unspecified atom stereocenters. The molecule has 0 aromatic heterocycles. The number of ether oxygens (including phenoxy) is 2. The summed E-state index contributed by atoms with van der Waals surface area (Å²) in [5, 5.41) is 6.30. The lowest BCUT2D eigenvalue weighted by Crippen LogP contribution is -2.38. The second-order valence-corrected chi connectivity index (χ2v) is 7.18. The SMILES string of the molecule is CCc1cccc(CC)c1NC(=O)NC1(c2ccc3c(c2)OCCO3)CC1. The zero-order valence-electron chi connectivity index (χ0n) is 15.9. The molecule has 2 aromatic rings. The highest BCUT2D eigenvalue weighted by atomic mass is 16.6. The van der Waals surface area contributed by atoms with Gasteiger partial charge in [0.25, 0.3) is 0 Å². The summed E-state index contributed by atoms with van der Waals surface area (Å²) in [5.74, 6) is 1.53. The standard InChI is InChI=1S/C22H26N2O3/c1-3-15-6-5-7-16(4-2)20(15)23-21(25)24-22(10-11-22)17-8-9-18-19(14-17)27-13-12-26-18/h5-9,14H,3-4,10-13H2,1-2H3,(H2,23,24,25). The van der Waals surface area contributed by atoms with Crippen molar-refractivity contribution in [3.05, 3.63) is 53.1 Å². The average molecular weight is 366 g/mol. The summed E-state index contributed by atoms with van der Waals surface area (Å²) in [4.78, 5) is 12.8. The molecule has 0 bridgehead atoms. The van der Waals surface area contributed by atoms with Gasteiger partial charge in [-0.15, -0.1) is 0 Å². The van der Waals surface area contributed by atoms with Gasteiger partial charge in [0.2, 0.25) is 0 Å². The lowest BCUT2D eigenvalue weighted by atomic mass is 10.0. The maximum absolute atomic E-state index is 12.8. The van der Waals surface area contributed by atoms with E-state index in [2.05, 4.69) is 42.7 Å². The largest absolute Gasteiger partial charge is 0.486 e. The van der Waals surface area contributed by atoms with Crippen molar-refractivity contribution in [2.75, 3.05) is 18.5 Å². The molecule has 0 saturated heterocycles.